The fourth-order valence-electron chi connectivity index (χ4n) is 2.16. The molecular weight excluding hydrogens is 296 g/mol. The molecule has 1 unspecified atom stereocenters. The van der Waals surface area contributed by atoms with E-state index in [1.165, 1.54) is 11.8 Å². The van der Waals surface area contributed by atoms with Crippen molar-refractivity contribution in [2.75, 3.05) is 5.75 Å². The van der Waals surface area contributed by atoms with Gasteiger partial charge in [-0.05, 0) is 12.0 Å². The number of carbonyl (C=O) groups is 1. The molecule has 1 aromatic carbocycles. The molecule has 2 aromatic rings. The van der Waals surface area contributed by atoms with Crippen LogP contribution >= 0.6 is 11.8 Å². The van der Waals surface area contributed by atoms with Crippen molar-refractivity contribution >= 4 is 17.7 Å². The van der Waals surface area contributed by atoms with Gasteiger partial charge in [-0.2, -0.15) is 0 Å². The molecule has 1 heterocycles. The van der Waals surface area contributed by atoms with Gasteiger partial charge in [0.25, 0.3) is 0 Å². The molecule has 0 spiro atoms. The predicted molar refractivity (Wildman–Crippen MR) is 88.7 cm³/mol. The molecule has 0 fully saturated rings. The molecule has 0 bridgehead atoms. The van der Waals surface area contributed by atoms with Crippen molar-refractivity contribution in [2.45, 2.75) is 44.3 Å². The third-order valence-electron chi connectivity index (χ3n) is 3.29. The number of nitrogens with one attached hydrogen (secondary N) is 2. The molecule has 22 heavy (non-hydrogen) atoms. The number of hydrogen-bond donors (Lipinski definition) is 2. The van der Waals surface area contributed by atoms with E-state index in [9.17, 15) is 4.79 Å². The van der Waals surface area contributed by atoms with E-state index in [-0.39, 0.29) is 11.9 Å². The topological polar surface area (TPSA) is 70.7 Å². The van der Waals surface area contributed by atoms with Crippen molar-refractivity contribution in [2.24, 2.45) is 0 Å². The Bertz CT molecular complexity index is 585. The maximum Gasteiger partial charge on any atom is 0.230 e. The van der Waals surface area contributed by atoms with Crippen molar-refractivity contribution < 1.29 is 4.79 Å². The van der Waals surface area contributed by atoms with Crippen LogP contribution in [0.1, 0.15) is 44.1 Å². The van der Waals surface area contributed by atoms with Crippen LogP contribution in [0.25, 0.3) is 0 Å². The van der Waals surface area contributed by atoms with Gasteiger partial charge in [-0.3, -0.25) is 9.89 Å². The molecule has 118 valence electrons. The number of aromatic nitrogens is 3. The van der Waals surface area contributed by atoms with Crippen molar-refractivity contribution in [1.29, 1.82) is 0 Å². The number of nitrogens with zero attached hydrogens (tertiary/aromatic N) is 2. The van der Waals surface area contributed by atoms with Gasteiger partial charge >= 0.3 is 0 Å². The van der Waals surface area contributed by atoms with Crippen LogP contribution in [0.5, 0.6) is 0 Å². The summed E-state index contributed by atoms with van der Waals surface area (Å²) in [6.45, 7) is 4.13. The summed E-state index contributed by atoms with van der Waals surface area (Å²) in [5.41, 5.74) is 1.15. The minimum Gasteiger partial charge on any atom is -0.349 e. The fraction of sp³-hybridized carbons (Fsp3) is 0.438. The number of benzene rings is 1. The SMILES string of the molecule is CCCC(NC(=O)CSc1n[nH]c(CC)n1)c1ccccc1. The van der Waals surface area contributed by atoms with E-state index < -0.39 is 0 Å². The average molecular weight is 318 g/mol. The first-order valence-electron chi connectivity index (χ1n) is 7.61. The van der Waals surface area contributed by atoms with Gasteiger partial charge in [-0.15, -0.1) is 5.10 Å². The number of H-pyrrole nitrogens is 1. The number of hydrogen-bond acceptors (Lipinski definition) is 4. The second kappa shape index (κ2) is 8.58. The Hall–Kier alpha value is -1.82. The molecule has 0 aliphatic rings. The Morgan fingerprint density at radius 1 is 1.32 bits per heavy atom. The first-order valence-corrected chi connectivity index (χ1v) is 8.59. The van der Waals surface area contributed by atoms with Gasteiger partial charge in [0.1, 0.15) is 5.82 Å². The number of aromatic amines is 1. The van der Waals surface area contributed by atoms with E-state index in [1.807, 2.05) is 25.1 Å². The molecular formula is C16H22N4OS. The van der Waals surface area contributed by atoms with Crippen molar-refractivity contribution in [1.82, 2.24) is 20.5 Å². The summed E-state index contributed by atoms with van der Waals surface area (Å²) < 4.78 is 0. The standard InChI is InChI=1S/C16H22N4OS/c1-3-8-13(12-9-6-5-7-10-12)17-15(21)11-22-16-18-14(4-2)19-20-16/h5-7,9-10,13H,3-4,8,11H2,1-2H3,(H,17,21)(H,18,19,20). The number of amides is 1. The molecule has 0 saturated carbocycles. The molecule has 2 N–H and O–H groups in total. The molecule has 0 radical (unpaired) electrons. The molecule has 1 atom stereocenters. The van der Waals surface area contributed by atoms with Crippen LogP contribution in [0.15, 0.2) is 35.5 Å². The third kappa shape index (κ3) is 4.87. The third-order valence-corrected chi connectivity index (χ3v) is 4.14. The van der Waals surface area contributed by atoms with Gasteiger partial charge < -0.3 is 5.32 Å². The largest absolute Gasteiger partial charge is 0.349 e. The van der Waals surface area contributed by atoms with E-state index in [4.69, 9.17) is 0 Å². The minimum absolute atomic E-state index is 0.00940. The van der Waals surface area contributed by atoms with Gasteiger partial charge in [-0.1, -0.05) is 62.4 Å². The van der Waals surface area contributed by atoms with Gasteiger partial charge in [0.05, 0.1) is 11.8 Å². The first kappa shape index (κ1) is 16.5. The van der Waals surface area contributed by atoms with E-state index >= 15 is 0 Å². The van der Waals surface area contributed by atoms with Crippen molar-refractivity contribution in [3.63, 3.8) is 0 Å². The molecule has 0 aliphatic carbocycles. The van der Waals surface area contributed by atoms with Crippen LogP contribution < -0.4 is 5.32 Å². The highest BCUT2D eigenvalue weighted by atomic mass is 32.2. The zero-order valence-electron chi connectivity index (χ0n) is 13.0. The Balaban J connectivity index is 1.88. The summed E-state index contributed by atoms with van der Waals surface area (Å²) in [6.07, 6.45) is 2.77. The molecule has 5 nitrogen and oxygen atoms in total. The van der Waals surface area contributed by atoms with Crippen LogP contribution in [-0.4, -0.2) is 26.8 Å². The highest BCUT2D eigenvalue weighted by Gasteiger charge is 2.14. The minimum atomic E-state index is 0.00940. The Labute approximate surface area is 135 Å². The lowest BCUT2D eigenvalue weighted by atomic mass is 10.0. The molecule has 6 heteroatoms. The predicted octanol–water partition coefficient (Wildman–Crippen LogP) is 3.12. The molecule has 1 aromatic heterocycles. The first-order chi connectivity index (χ1) is 10.7. The maximum atomic E-state index is 12.2. The van der Waals surface area contributed by atoms with Crippen LogP contribution in [0, 0.1) is 0 Å². The highest BCUT2D eigenvalue weighted by molar-refractivity contribution is 7.99. The summed E-state index contributed by atoms with van der Waals surface area (Å²) in [6, 6.07) is 10.2. The zero-order valence-corrected chi connectivity index (χ0v) is 13.8. The lowest BCUT2D eigenvalue weighted by Crippen LogP contribution is -2.29. The normalized spacial score (nSPS) is 12.1. The van der Waals surface area contributed by atoms with Crippen molar-refractivity contribution in [3.8, 4) is 0 Å². The van der Waals surface area contributed by atoms with Crippen LogP contribution in [0.2, 0.25) is 0 Å². The van der Waals surface area contributed by atoms with Gasteiger partial charge in [0.2, 0.25) is 11.1 Å². The summed E-state index contributed by atoms with van der Waals surface area (Å²) in [5.74, 6) is 1.18. The zero-order chi connectivity index (χ0) is 15.8. The second-order valence-electron chi connectivity index (χ2n) is 5.03. The lowest BCUT2D eigenvalue weighted by Gasteiger charge is -2.18. The Kier molecular flexibility index (Phi) is 6.45. The van der Waals surface area contributed by atoms with Crippen LogP contribution in [-0.2, 0) is 11.2 Å². The van der Waals surface area contributed by atoms with Crippen LogP contribution in [0.3, 0.4) is 0 Å². The van der Waals surface area contributed by atoms with E-state index in [1.54, 1.807) is 0 Å². The summed E-state index contributed by atoms with van der Waals surface area (Å²) >= 11 is 1.35. The second-order valence-corrected chi connectivity index (χ2v) is 5.97. The number of thioether (sulfide) groups is 1. The van der Waals surface area contributed by atoms with Gasteiger partial charge in [0.15, 0.2) is 0 Å². The lowest BCUT2D eigenvalue weighted by molar-refractivity contribution is -0.119. The average Bonchev–Trinajstić information content (AvgIpc) is 3.01. The molecule has 0 aliphatic heterocycles. The highest BCUT2D eigenvalue weighted by Crippen LogP contribution is 2.19. The smallest absolute Gasteiger partial charge is 0.230 e. The number of rotatable bonds is 8. The van der Waals surface area contributed by atoms with E-state index in [0.717, 1.165) is 30.7 Å². The van der Waals surface area contributed by atoms with Crippen LogP contribution in [0.4, 0.5) is 0 Å². The monoisotopic (exact) mass is 318 g/mol. The molecule has 1 amide bonds. The quantitative estimate of drug-likeness (QED) is 0.734. The number of carbonyl (C=O) groups excluding carboxylic acids is 1. The number of aryl methyl sites for hydroxylation is 1. The Morgan fingerprint density at radius 3 is 2.73 bits per heavy atom. The van der Waals surface area contributed by atoms with Crippen molar-refractivity contribution in [3.05, 3.63) is 41.7 Å². The molecule has 0 saturated heterocycles. The summed E-state index contributed by atoms with van der Waals surface area (Å²) in [7, 11) is 0. The van der Waals surface area contributed by atoms with E-state index in [0.29, 0.717) is 10.9 Å². The fourth-order valence-corrected chi connectivity index (χ4v) is 2.79. The van der Waals surface area contributed by atoms with E-state index in [2.05, 4.69) is 39.6 Å². The summed E-state index contributed by atoms with van der Waals surface area (Å²) in [4.78, 5) is 16.4. The summed E-state index contributed by atoms with van der Waals surface area (Å²) in [5, 5.41) is 10.7. The van der Waals surface area contributed by atoms with Gasteiger partial charge in [0, 0.05) is 6.42 Å². The Morgan fingerprint density at radius 2 is 2.09 bits per heavy atom. The maximum absolute atomic E-state index is 12.2. The molecule has 2 rings (SSSR count). The van der Waals surface area contributed by atoms with Gasteiger partial charge in [-0.25, -0.2) is 4.98 Å².